The highest BCUT2D eigenvalue weighted by atomic mass is 32.2. The number of furan rings is 1. The number of fused-ring (bicyclic) bond motifs is 1. The Morgan fingerprint density at radius 2 is 1.94 bits per heavy atom. The smallest absolute Gasteiger partial charge is 0.306 e. The third-order valence-corrected chi connectivity index (χ3v) is 2.89. The van der Waals surface area contributed by atoms with Crippen molar-refractivity contribution in [3.8, 4) is 5.75 Å². The lowest BCUT2D eigenvalue weighted by atomic mass is 10.1. The minimum absolute atomic E-state index is 0.305. The van der Waals surface area contributed by atoms with E-state index in [2.05, 4.69) is 0 Å². The van der Waals surface area contributed by atoms with Crippen LogP contribution in [0.2, 0.25) is 0 Å². The Labute approximate surface area is 94.0 Å². The van der Waals surface area contributed by atoms with Crippen molar-refractivity contribution in [1.29, 1.82) is 0 Å². The molecule has 5 heteroatoms. The molecule has 0 amide bonds. The minimum Gasteiger partial charge on any atom is -0.461 e. The maximum Gasteiger partial charge on any atom is 0.306 e. The fourth-order valence-electron chi connectivity index (χ4n) is 1.55. The lowest BCUT2D eigenvalue weighted by Gasteiger charge is -2.01. The highest BCUT2D eigenvalue weighted by Gasteiger charge is 2.10. The molecule has 1 aromatic carbocycles. The molecule has 86 valence electrons. The van der Waals surface area contributed by atoms with Crippen LogP contribution in [0.1, 0.15) is 11.3 Å². The van der Waals surface area contributed by atoms with E-state index in [1.807, 2.05) is 13.8 Å². The molecule has 1 aromatic heterocycles. The summed E-state index contributed by atoms with van der Waals surface area (Å²) in [6.07, 6.45) is 1.02. The molecule has 0 aliphatic rings. The van der Waals surface area contributed by atoms with Crippen LogP contribution >= 0.6 is 0 Å². The summed E-state index contributed by atoms with van der Waals surface area (Å²) in [6.45, 7) is 3.79. The molecule has 2 aromatic rings. The highest BCUT2D eigenvalue weighted by molar-refractivity contribution is 7.86. The minimum atomic E-state index is -3.48. The van der Waals surface area contributed by atoms with E-state index in [1.165, 1.54) is 0 Å². The van der Waals surface area contributed by atoms with Crippen LogP contribution < -0.4 is 4.18 Å². The summed E-state index contributed by atoms with van der Waals surface area (Å²) in [6, 6.07) is 4.95. The van der Waals surface area contributed by atoms with Gasteiger partial charge >= 0.3 is 10.1 Å². The normalized spacial score (nSPS) is 11.9. The molecular formula is C11H12O4S. The summed E-state index contributed by atoms with van der Waals surface area (Å²) in [4.78, 5) is 0. The van der Waals surface area contributed by atoms with E-state index in [0.717, 1.165) is 28.5 Å². The van der Waals surface area contributed by atoms with Gasteiger partial charge in [-0.25, -0.2) is 0 Å². The Hall–Kier alpha value is -1.49. The summed E-state index contributed by atoms with van der Waals surface area (Å²) in [7, 11) is -3.48. The highest BCUT2D eigenvalue weighted by Crippen LogP contribution is 2.28. The van der Waals surface area contributed by atoms with E-state index in [-0.39, 0.29) is 0 Å². The Bertz CT molecular complexity index is 637. The van der Waals surface area contributed by atoms with Crippen LogP contribution in [0.5, 0.6) is 5.75 Å². The van der Waals surface area contributed by atoms with Gasteiger partial charge in [-0.1, -0.05) is 0 Å². The molecule has 0 bridgehead atoms. The molecule has 0 saturated heterocycles. The van der Waals surface area contributed by atoms with Crippen molar-refractivity contribution in [3.63, 3.8) is 0 Å². The molecule has 0 fully saturated rings. The second-order valence-electron chi connectivity index (χ2n) is 3.73. The summed E-state index contributed by atoms with van der Waals surface area (Å²) in [5, 5.41) is 0.874. The van der Waals surface area contributed by atoms with E-state index < -0.39 is 10.1 Å². The maximum atomic E-state index is 11.0. The van der Waals surface area contributed by atoms with Crippen molar-refractivity contribution in [2.45, 2.75) is 13.8 Å². The van der Waals surface area contributed by atoms with Gasteiger partial charge in [0.15, 0.2) is 0 Å². The van der Waals surface area contributed by atoms with Crippen LogP contribution in [0, 0.1) is 13.8 Å². The summed E-state index contributed by atoms with van der Waals surface area (Å²) < 4.78 is 32.2. The van der Waals surface area contributed by atoms with E-state index >= 15 is 0 Å². The average molecular weight is 240 g/mol. The topological polar surface area (TPSA) is 56.5 Å². The van der Waals surface area contributed by atoms with Crippen molar-refractivity contribution >= 4 is 21.1 Å². The summed E-state index contributed by atoms with van der Waals surface area (Å²) in [5.41, 5.74) is 1.73. The third kappa shape index (κ3) is 2.04. The zero-order valence-corrected chi connectivity index (χ0v) is 10.1. The first-order chi connectivity index (χ1) is 7.37. The molecule has 4 nitrogen and oxygen atoms in total. The van der Waals surface area contributed by atoms with Crippen molar-refractivity contribution in [1.82, 2.24) is 0 Å². The van der Waals surface area contributed by atoms with Crippen molar-refractivity contribution in [2.24, 2.45) is 0 Å². The van der Waals surface area contributed by atoms with Gasteiger partial charge in [0.1, 0.15) is 17.1 Å². The number of rotatable bonds is 2. The molecule has 1 heterocycles. The van der Waals surface area contributed by atoms with E-state index in [0.29, 0.717) is 5.75 Å². The van der Waals surface area contributed by atoms with Gasteiger partial charge in [-0.3, -0.25) is 0 Å². The fourth-order valence-corrected chi connectivity index (χ4v) is 2.00. The standard InChI is InChI=1S/C11H12O4S/c1-7-8(2)14-11-5-4-9(6-10(7)11)15-16(3,12)13/h4-6H,1-3H3. The van der Waals surface area contributed by atoms with E-state index in [4.69, 9.17) is 8.60 Å². The average Bonchev–Trinajstić information content (AvgIpc) is 2.42. The van der Waals surface area contributed by atoms with Gasteiger partial charge < -0.3 is 8.60 Å². The Kier molecular flexibility index (Phi) is 2.42. The Morgan fingerprint density at radius 3 is 2.56 bits per heavy atom. The number of aryl methyl sites for hydroxylation is 2. The van der Waals surface area contributed by atoms with Crippen LogP contribution in [-0.2, 0) is 10.1 Å². The van der Waals surface area contributed by atoms with Gasteiger partial charge in [0.25, 0.3) is 0 Å². The van der Waals surface area contributed by atoms with E-state index in [1.54, 1.807) is 18.2 Å². The summed E-state index contributed by atoms with van der Waals surface area (Å²) in [5.74, 6) is 1.13. The van der Waals surface area contributed by atoms with Gasteiger partial charge in [0, 0.05) is 5.39 Å². The molecular weight excluding hydrogens is 228 g/mol. The predicted molar refractivity (Wildman–Crippen MR) is 61.2 cm³/mol. The van der Waals surface area contributed by atoms with Gasteiger partial charge in [-0.05, 0) is 37.6 Å². The zero-order chi connectivity index (χ0) is 11.9. The Morgan fingerprint density at radius 1 is 1.25 bits per heavy atom. The van der Waals surface area contributed by atoms with Crippen LogP contribution in [0.25, 0.3) is 11.0 Å². The predicted octanol–water partition coefficient (Wildman–Crippen LogP) is 2.39. The van der Waals surface area contributed by atoms with Gasteiger partial charge in [0.05, 0.1) is 6.26 Å². The molecule has 0 N–H and O–H groups in total. The van der Waals surface area contributed by atoms with Crippen LogP contribution in [0.4, 0.5) is 0 Å². The second-order valence-corrected chi connectivity index (χ2v) is 5.30. The van der Waals surface area contributed by atoms with Crippen LogP contribution in [-0.4, -0.2) is 14.7 Å². The largest absolute Gasteiger partial charge is 0.461 e. The first kappa shape index (κ1) is 11.0. The molecule has 0 atom stereocenters. The fraction of sp³-hybridized carbons (Fsp3) is 0.273. The second kappa shape index (κ2) is 3.52. The monoisotopic (exact) mass is 240 g/mol. The lowest BCUT2D eigenvalue weighted by molar-refractivity contribution is 0.493. The van der Waals surface area contributed by atoms with Crippen molar-refractivity contribution < 1.29 is 17.0 Å². The molecule has 0 aliphatic heterocycles. The van der Waals surface area contributed by atoms with Crippen molar-refractivity contribution in [3.05, 3.63) is 29.5 Å². The van der Waals surface area contributed by atoms with Gasteiger partial charge in [-0.2, -0.15) is 8.42 Å². The molecule has 2 rings (SSSR count). The summed E-state index contributed by atoms with van der Waals surface area (Å²) >= 11 is 0. The molecule has 0 radical (unpaired) electrons. The lowest BCUT2D eigenvalue weighted by Crippen LogP contribution is -2.05. The number of benzene rings is 1. The number of hydrogen-bond donors (Lipinski definition) is 0. The molecule has 0 unspecified atom stereocenters. The first-order valence-corrected chi connectivity index (χ1v) is 6.58. The zero-order valence-electron chi connectivity index (χ0n) is 9.27. The molecule has 0 saturated carbocycles. The van der Waals surface area contributed by atoms with Crippen molar-refractivity contribution in [2.75, 3.05) is 6.26 Å². The maximum absolute atomic E-state index is 11.0. The van der Waals surface area contributed by atoms with Crippen LogP contribution in [0.15, 0.2) is 22.6 Å². The number of hydrogen-bond acceptors (Lipinski definition) is 4. The molecule has 16 heavy (non-hydrogen) atoms. The quantitative estimate of drug-likeness (QED) is 0.756. The third-order valence-electron chi connectivity index (χ3n) is 2.39. The van der Waals surface area contributed by atoms with Gasteiger partial charge in [0.2, 0.25) is 0 Å². The van der Waals surface area contributed by atoms with E-state index in [9.17, 15) is 8.42 Å². The van der Waals surface area contributed by atoms with Gasteiger partial charge in [-0.15, -0.1) is 0 Å². The molecule has 0 aliphatic carbocycles. The molecule has 0 spiro atoms. The Balaban J connectivity index is 2.55. The SMILES string of the molecule is Cc1oc2ccc(OS(C)(=O)=O)cc2c1C. The first-order valence-electron chi connectivity index (χ1n) is 4.76. The van der Waals surface area contributed by atoms with Crippen LogP contribution in [0.3, 0.4) is 0 Å².